The number of nitrogens with two attached hydrogens (primary N) is 1. The highest BCUT2D eigenvalue weighted by molar-refractivity contribution is 5.97. The van der Waals surface area contributed by atoms with Crippen LogP contribution >= 0.6 is 0 Å². The number of nitrogens with zero attached hydrogens (tertiary/aromatic N) is 5. The summed E-state index contributed by atoms with van der Waals surface area (Å²) in [5.74, 6) is -0.755. The zero-order chi connectivity index (χ0) is 15.4. The van der Waals surface area contributed by atoms with Crippen LogP contribution < -0.4 is 5.73 Å². The van der Waals surface area contributed by atoms with Gasteiger partial charge in [-0.15, -0.1) is 4.80 Å². The van der Waals surface area contributed by atoms with E-state index in [0.29, 0.717) is 13.1 Å². The van der Waals surface area contributed by atoms with Crippen LogP contribution in [0.4, 0.5) is 4.39 Å². The van der Waals surface area contributed by atoms with Gasteiger partial charge < -0.3 is 10.6 Å². The lowest BCUT2D eigenvalue weighted by Gasteiger charge is -2.27. The maximum absolute atomic E-state index is 13.5. The first-order valence-electron chi connectivity index (χ1n) is 6.61. The molecule has 2 rings (SSSR count). The SMILES string of the molecule is CCN(C(=O)c1cc(F)cnc1-n1nccn1)C(C)CN. The fourth-order valence-corrected chi connectivity index (χ4v) is 2.01. The van der Waals surface area contributed by atoms with Crippen LogP contribution in [0.1, 0.15) is 24.2 Å². The third kappa shape index (κ3) is 3.05. The fourth-order valence-electron chi connectivity index (χ4n) is 2.01. The van der Waals surface area contributed by atoms with Gasteiger partial charge >= 0.3 is 0 Å². The maximum atomic E-state index is 13.5. The van der Waals surface area contributed by atoms with Crippen molar-refractivity contribution >= 4 is 5.91 Å². The Morgan fingerprint density at radius 2 is 2.14 bits per heavy atom. The number of pyridine rings is 1. The van der Waals surface area contributed by atoms with E-state index in [1.54, 1.807) is 4.90 Å². The standard InChI is InChI=1S/C13H17FN6O/c1-3-19(9(2)7-15)13(21)11-6-10(14)8-16-12(11)20-17-4-5-18-20/h4-6,8-9H,3,7,15H2,1-2H3. The molecule has 0 aliphatic carbocycles. The molecule has 2 aromatic rings. The van der Waals surface area contributed by atoms with Crippen molar-refractivity contribution in [2.45, 2.75) is 19.9 Å². The number of carbonyl (C=O) groups is 1. The molecule has 1 unspecified atom stereocenters. The summed E-state index contributed by atoms with van der Waals surface area (Å²) in [5, 5.41) is 7.87. The number of amides is 1. The summed E-state index contributed by atoms with van der Waals surface area (Å²) in [6.45, 7) is 4.44. The van der Waals surface area contributed by atoms with Crippen molar-refractivity contribution in [3.05, 3.63) is 36.0 Å². The Balaban J connectivity index is 2.47. The molecule has 2 aromatic heterocycles. The molecule has 0 bridgehead atoms. The third-order valence-corrected chi connectivity index (χ3v) is 3.15. The number of hydrogen-bond acceptors (Lipinski definition) is 5. The van der Waals surface area contributed by atoms with Crippen LogP contribution in [-0.2, 0) is 0 Å². The van der Waals surface area contributed by atoms with Crippen molar-refractivity contribution in [2.24, 2.45) is 5.73 Å². The van der Waals surface area contributed by atoms with E-state index in [1.165, 1.54) is 17.2 Å². The van der Waals surface area contributed by atoms with Gasteiger partial charge in [-0.2, -0.15) is 10.2 Å². The molecule has 0 aliphatic rings. The van der Waals surface area contributed by atoms with E-state index in [9.17, 15) is 9.18 Å². The first kappa shape index (κ1) is 15.0. The summed E-state index contributed by atoms with van der Waals surface area (Å²) in [5.41, 5.74) is 5.72. The Hall–Kier alpha value is -2.35. The van der Waals surface area contributed by atoms with E-state index in [1.807, 2.05) is 13.8 Å². The van der Waals surface area contributed by atoms with Gasteiger partial charge in [0.05, 0.1) is 24.2 Å². The van der Waals surface area contributed by atoms with Crippen LogP contribution in [0.5, 0.6) is 0 Å². The van der Waals surface area contributed by atoms with Crippen molar-refractivity contribution in [3.63, 3.8) is 0 Å². The number of carbonyl (C=O) groups excluding carboxylic acids is 1. The molecular formula is C13H17FN6O. The highest BCUT2D eigenvalue weighted by atomic mass is 19.1. The number of hydrogen-bond donors (Lipinski definition) is 1. The van der Waals surface area contributed by atoms with Gasteiger partial charge in [0.2, 0.25) is 0 Å². The second-order valence-electron chi connectivity index (χ2n) is 4.52. The van der Waals surface area contributed by atoms with Gasteiger partial charge in [-0.05, 0) is 19.9 Å². The summed E-state index contributed by atoms with van der Waals surface area (Å²) in [4.78, 5) is 19.3. The molecule has 112 valence electrons. The van der Waals surface area contributed by atoms with E-state index < -0.39 is 5.82 Å². The van der Waals surface area contributed by atoms with Crippen LogP contribution in [0.25, 0.3) is 5.82 Å². The summed E-state index contributed by atoms with van der Waals surface area (Å²) in [6.07, 6.45) is 3.94. The molecule has 1 amide bonds. The molecule has 0 fully saturated rings. The van der Waals surface area contributed by atoms with E-state index in [4.69, 9.17) is 5.73 Å². The molecule has 0 spiro atoms. The molecule has 1 atom stereocenters. The molecule has 2 N–H and O–H groups in total. The minimum absolute atomic E-state index is 0.105. The molecule has 7 nitrogen and oxygen atoms in total. The zero-order valence-corrected chi connectivity index (χ0v) is 11.9. The van der Waals surface area contributed by atoms with Crippen molar-refractivity contribution in [1.29, 1.82) is 0 Å². The Morgan fingerprint density at radius 3 is 2.71 bits per heavy atom. The molecule has 0 saturated heterocycles. The highest BCUT2D eigenvalue weighted by Gasteiger charge is 2.24. The normalized spacial score (nSPS) is 12.2. The monoisotopic (exact) mass is 292 g/mol. The van der Waals surface area contributed by atoms with Crippen molar-refractivity contribution < 1.29 is 9.18 Å². The van der Waals surface area contributed by atoms with Crippen LogP contribution in [0.3, 0.4) is 0 Å². The van der Waals surface area contributed by atoms with Gasteiger partial charge in [0, 0.05) is 19.1 Å². The Bertz CT molecular complexity index is 615. The second-order valence-corrected chi connectivity index (χ2v) is 4.52. The van der Waals surface area contributed by atoms with Crippen LogP contribution in [0.2, 0.25) is 0 Å². The quantitative estimate of drug-likeness (QED) is 0.872. The molecule has 0 radical (unpaired) electrons. The van der Waals surface area contributed by atoms with Gasteiger partial charge in [-0.25, -0.2) is 9.37 Å². The molecule has 8 heteroatoms. The molecule has 21 heavy (non-hydrogen) atoms. The Kier molecular flexibility index (Phi) is 4.59. The summed E-state index contributed by atoms with van der Waals surface area (Å²) >= 11 is 0. The van der Waals surface area contributed by atoms with E-state index in [2.05, 4.69) is 15.2 Å². The molecular weight excluding hydrogens is 275 g/mol. The number of likely N-dealkylation sites (N-methyl/N-ethyl adjacent to an activating group) is 1. The average Bonchev–Trinajstić information content (AvgIpc) is 3.01. The predicted octanol–water partition coefficient (Wildman–Crippen LogP) is 0.611. The fraction of sp³-hybridized carbons (Fsp3) is 0.385. The van der Waals surface area contributed by atoms with Crippen molar-refractivity contribution in [2.75, 3.05) is 13.1 Å². The van der Waals surface area contributed by atoms with Crippen LogP contribution in [0.15, 0.2) is 24.7 Å². The Labute approximate surface area is 121 Å². The number of halogens is 1. The van der Waals surface area contributed by atoms with Crippen LogP contribution in [-0.4, -0.2) is 49.9 Å². The predicted molar refractivity (Wildman–Crippen MR) is 74.3 cm³/mol. The number of rotatable bonds is 5. The van der Waals surface area contributed by atoms with Crippen molar-refractivity contribution in [1.82, 2.24) is 24.9 Å². The molecule has 0 aliphatic heterocycles. The summed E-state index contributed by atoms with van der Waals surface area (Å²) in [7, 11) is 0. The maximum Gasteiger partial charge on any atom is 0.258 e. The zero-order valence-electron chi connectivity index (χ0n) is 11.9. The van der Waals surface area contributed by atoms with Gasteiger partial charge in [0.25, 0.3) is 5.91 Å². The smallest absolute Gasteiger partial charge is 0.258 e. The first-order valence-corrected chi connectivity index (χ1v) is 6.61. The lowest BCUT2D eigenvalue weighted by atomic mass is 10.2. The van der Waals surface area contributed by atoms with Gasteiger partial charge in [0.15, 0.2) is 5.82 Å². The minimum Gasteiger partial charge on any atom is -0.335 e. The number of aromatic nitrogens is 4. The lowest BCUT2D eigenvalue weighted by molar-refractivity contribution is 0.0708. The van der Waals surface area contributed by atoms with Gasteiger partial charge in [-0.3, -0.25) is 4.79 Å². The first-order chi connectivity index (χ1) is 10.1. The van der Waals surface area contributed by atoms with E-state index in [-0.39, 0.29) is 23.3 Å². The highest BCUT2D eigenvalue weighted by Crippen LogP contribution is 2.15. The van der Waals surface area contributed by atoms with Crippen LogP contribution in [0, 0.1) is 5.82 Å². The third-order valence-electron chi connectivity index (χ3n) is 3.15. The van der Waals surface area contributed by atoms with E-state index >= 15 is 0 Å². The second kappa shape index (κ2) is 6.40. The van der Waals surface area contributed by atoms with E-state index in [0.717, 1.165) is 12.3 Å². The van der Waals surface area contributed by atoms with Crippen molar-refractivity contribution in [3.8, 4) is 5.82 Å². The van der Waals surface area contributed by atoms with Gasteiger partial charge in [0.1, 0.15) is 5.82 Å². The molecule has 0 aromatic carbocycles. The molecule has 2 heterocycles. The molecule has 0 saturated carbocycles. The van der Waals surface area contributed by atoms with Gasteiger partial charge in [-0.1, -0.05) is 0 Å². The largest absolute Gasteiger partial charge is 0.335 e. The summed E-state index contributed by atoms with van der Waals surface area (Å²) in [6, 6.07) is 0.976. The summed E-state index contributed by atoms with van der Waals surface area (Å²) < 4.78 is 13.5. The Morgan fingerprint density at radius 1 is 1.48 bits per heavy atom. The topological polar surface area (TPSA) is 89.9 Å². The average molecular weight is 292 g/mol. The lowest BCUT2D eigenvalue weighted by Crippen LogP contribution is -2.43. The minimum atomic E-state index is -0.592.